The van der Waals surface area contributed by atoms with Crippen LogP contribution >= 0.6 is 11.6 Å². The molecule has 0 aliphatic heterocycles. The lowest BCUT2D eigenvalue weighted by atomic mass is 10.3. The predicted octanol–water partition coefficient (Wildman–Crippen LogP) is 2.68. The molecule has 0 aliphatic rings. The lowest BCUT2D eigenvalue weighted by Crippen LogP contribution is -1.92. The van der Waals surface area contributed by atoms with Crippen LogP contribution in [0.15, 0.2) is 24.4 Å². The van der Waals surface area contributed by atoms with Gasteiger partial charge in [0, 0.05) is 6.07 Å². The number of rotatable bonds is 2. The summed E-state index contributed by atoms with van der Waals surface area (Å²) in [7, 11) is 0. The molecule has 72 valence electrons. The zero-order valence-corrected chi connectivity index (χ0v) is 8.45. The lowest BCUT2D eigenvalue weighted by Gasteiger charge is -2.03. The number of hydrogen-bond donors (Lipinski definition) is 0. The number of ether oxygens (including phenoxy) is 1. The summed E-state index contributed by atoms with van der Waals surface area (Å²) in [5.74, 6) is 0.788. The van der Waals surface area contributed by atoms with E-state index >= 15 is 0 Å². The molecule has 0 spiro atoms. The van der Waals surface area contributed by atoms with Gasteiger partial charge < -0.3 is 4.74 Å². The minimum Gasteiger partial charge on any atom is -0.494 e. The lowest BCUT2D eigenvalue weighted by molar-refractivity contribution is 0.340. The molecule has 0 saturated carbocycles. The van der Waals surface area contributed by atoms with Gasteiger partial charge in [-0.2, -0.15) is 0 Å². The SMILES string of the molecule is CCOc1ccc2ncc(Cl)nc2c1. The van der Waals surface area contributed by atoms with E-state index in [1.807, 2.05) is 25.1 Å². The topological polar surface area (TPSA) is 35.0 Å². The maximum absolute atomic E-state index is 5.73. The molecular weight excluding hydrogens is 200 g/mol. The monoisotopic (exact) mass is 208 g/mol. The molecule has 0 atom stereocenters. The van der Waals surface area contributed by atoms with Gasteiger partial charge in [0.2, 0.25) is 0 Å². The molecule has 1 aromatic heterocycles. The summed E-state index contributed by atoms with van der Waals surface area (Å²) in [5.41, 5.74) is 1.57. The van der Waals surface area contributed by atoms with Gasteiger partial charge in [-0.15, -0.1) is 0 Å². The number of hydrogen-bond acceptors (Lipinski definition) is 3. The van der Waals surface area contributed by atoms with Crippen LogP contribution in [0, 0.1) is 0 Å². The smallest absolute Gasteiger partial charge is 0.148 e. The molecule has 4 heteroatoms. The Labute approximate surface area is 86.7 Å². The molecule has 0 saturated heterocycles. The number of nitrogens with zero attached hydrogens (tertiary/aromatic N) is 2. The van der Waals surface area contributed by atoms with Gasteiger partial charge >= 0.3 is 0 Å². The van der Waals surface area contributed by atoms with E-state index in [0.29, 0.717) is 11.8 Å². The van der Waals surface area contributed by atoms with Crippen molar-refractivity contribution in [2.24, 2.45) is 0 Å². The Bertz CT molecular complexity index is 459. The molecule has 0 unspecified atom stereocenters. The Morgan fingerprint density at radius 3 is 3.00 bits per heavy atom. The standard InChI is InChI=1S/C10H9ClN2O/c1-2-14-7-3-4-8-9(5-7)13-10(11)6-12-8/h3-6H,2H2,1H3. The first-order valence-electron chi connectivity index (χ1n) is 4.34. The molecule has 14 heavy (non-hydrogen) atoms. The van der Waals surface area contributed by atoms with E-state index in [-0.39, 0.29) is 0 Å². The normalized spacial score (nSPS) is 10.4. The third kappa shape index (κ3) is 1.77. The quantitative estimate of drug-likeness (QED) is 0.761. The highest BCUT2D eigenvalue weighted by atomic mass is 35.5. The fourth-order valence-corrected chi connectivity index (χ4v) is 1.37. The van der Waals surface area contributed by atoms with Crippen molar-refractivity contribution in [3.63, 3.8) is 0 Å². The maximum Gasteiger partial charge on any atom is 0.148 e. The number of fused-ring (bicyclic) bond motifs is 1. The van der Waals surface area contributed by atoms with Crippen LogP contribution in [0.25, 0.3) is 11.0 Å². The van der Waals surface area contributed by atoms with Crippen molar-refractivity contribution in [1.82, 2.24) is 9.97 Å². The van der Waals surface area contributed by atoms with Gasteiger partial charge in [-0.25, -0.2) is 4.98 Å². The van der Waals surface area contributed by atoms with Gasteiger partial charge in [-0.05, 0) is 19.1 Å². The van der Waals surface area contributed by atoms with E-state index in [9.17, 15) is 0 Å². The number of halogens is 1. The second-order valence-corrected chi connectivity index (χ2v) is 3.16. The first kappa shape index (κ1) is 9.21. The fraction of sp³-hybridized carbons (Fsp3) is 0.200. The highest BCUT2D eigenvalue weighted by molar-refractivity contribution is 6.29. The average molecular weight is 209 g/mol. The van der Waals surface area contributed by atoms with Gasteiger partial charge in [-0.1, -0.05) is 11.6 Å². The van der Waals surface area contributed by atoms with E-state index in [0.717, 1.165) is 16.8 Å². The molecule has 0 fully saturated rings. The number of aromatic nitrogens is 2. The number of benzene rings is 1. The molecule has 3 nitrogen and oxygen atoms in total. The Hall–Kier alpha value is -1.35. The van der Waals surface area contributed by atoms with Gasteiger partial charge in [0.05, 0.1) is 23.8 Å². The van der Waals surface area contributed by atoms with Crippen molar-refractivity contribution in [3.05, 3.63) is 29.5 Å². The Kier molecular flexibility index (Phi) is 2.50. The van der Waals surface area contributed by atoms with Crippen molar-refractivity contribution >= 4 is 22.6 Å². The van der Waals surface area contributed by atoms with Gasteiger partial charge in [-0.3, -0.25) is 4.98 Å². The summed E-state index contributed by atoms with van der Waals surface area (Å²) >= 11 is 5.73. The van der Waals surface area contributed by atoms with Crippen molar-refractivity contribution in [3.8, 4) is 5.75 Å². The minimum absolute atomic E-state index is 0.395. The van der Waals surface area contributed by atoms with Crippen molar-refractivity contribution in [2.45, 2.75) is 6.92 Å². The van der Waals surface area contributed by atoms with Crippen molar-refractivity contribution in [2.75, 3.05) is 6.61 Å². The van der Waals surface area contributed by atoms with Crippen LogP contribution in [0.3, 0.4) is 0 Å². The summed E-state index contributed by atoms with van der Waals surface area (Å²) in [6.45, 7) is 2.58. The molecule has 0 amide bonds. The highest BCUT2D eigenvalue weighted by Gasteiger charge is 1.99. The molecule has 0 bridgehead atoms. The van der Waals surface area contributed by atoms with Crippen molar-refractivity contribution < 1.29 is 4.74 Å². The summed E-state index contributed by atoms with van der Waals surface area (Å²) in [6, 6.07) is 5.57. The zero-order chi connectivity index (χ0) is 9.97. The molecule has 0 aliphatic carbocycles. The van der Waals surface area contributed by atoms with E-state index in [4.69, 9.17) is 16.3 Å². The van der Waals surface area contributed by atoms with Gasteiger partial charge in [0.15, 0.2) is 0 Å². The van der Waals surface area contributed by atoms with Crippen LogP contribution in [0.4, 0.5) is 0 Å². The Morgan fingerprint density at radius 1 is 1.36 bits per heavy atom. The molecular formula is C10H9ClN2O. The minimum atomic E-state index is 0.395. The van der Waals surface area contributed by atoms with E-state index in [1.54, 1.807) is 0 Å². The van der Waals surface area contributed by atoms with Crippen LogP contribution in [-0.2, 0) is 0 Å². The van der Waals surface area contributed by atoms with Crippen LogP contribution < -0.4 is 4.74 Å². The maximum atomic E-state index is 5.73. The second-order valence-electron chi connectivity index (χ2n) is 2.78. The van der Waals surface area contributed by atoms with E-state index in [2.05, 4.69) is 9.97 Å². The van der Waals surface area contributed by atoms with Crippen molar-refractivity contribution in [1.29, 1.82) is 0 Å². The Balaban J connectivity index is 2.52. The van der Waals surface area contributed by atoms with E-state index < -0.39 is 0 Å². The summed E-state index contributed by atoms with van der Waals surface area (Å²) in [6.07, 6.45) is 1.53. The molecule has 2 aromatic rings. The highest BCUT2D eigenvalue weighted by Crippen LogP contribution is 2.18. The first-order valence-corrected chi connectivity index (χ1v) is 4.72. The van der Waals surface area contributed by atoms with E-state index in [1.165, 1.54) is 6.20 Å². The fourth-order valence-electron chi connectivity index (χ4n) is 1.23. The van der Waals surface area contributed by atoms with Crippen LogP contribution in [0.5, 0.6) is 5.75 Å². The molecule has 1 heterocycles. The predicted molar refractivity (Wildman–Crippen MR) is 55.7 cm³/mol. The van der Waals surface area contributed by atoms with Crippen LogP contribution in [-0.4, -0.2) is 16.6 Å². The third-order valence-corrected chi connectivity index (χ3v) is 1.98. The summed E-state index contributed by atoms with van der Waals surface area (Å²) in [4.78, 5) is 8.27. The van der Waals surface area contributed by atoms with Crippen LogP contribution in [0.2, 0.25) is 5.15 Å². The second kappa shape index (κ2) is 3.80. The molecule has 2 rings (SSSR count). The van der Waals surface area contributed by atoms with Gasteiger partial charge in [0.1, 0.15) is 10.9 Å². The third-order valence-electron chi connectivity index (χ3n) is 1.80. The molecule has 0 radical (unpaired) electrons. The summed E-state index contributed by atoms with van der Waals surface area (Å²) < 4.78 is 5.34. The first-order chi connectivity index (χ1) is 6.79. The summed E-state index contributed by atoms with van der Waals surface area (Å²) in [5, 5.41) is 0.395. The van der Waals surface area contributed by atoms with Gasteiger partial charge in [0.25, 0.3) is 0 Å². The average Bonchev–Trinajstić information content (AvgIpc) is 2.17. The zero-order valence-electron chi connectivity index (χ0n) is 7.70. The largest absolute Gasteiger partial charge is 0.494 e. The Morgan fingerprint density at radius 2 is 2.21 bits per heavy atom. The van der Waals surface area contributed by atoms with Crippen LogP contribution in [0.1, 0.15) is 6.92 Å². The molecule has 1 aromatic carbocycles. The molecule has 0 N–H and O–H groups in total.